The number of unbranched alkanes of at least 4 members (excludes halogenated alkanes) is 1. The maximum absolute atomic E-state index is 13.6. The highest BCUT2D eigenvalue weighted by Gasteiger charge is 2.26. The molecule has 2 heterocycles. The van der Waals surface area contributed by atoms with Gasteiger partial charge in [-0.1, -0.05) is 55.8 Å². The number of piperazine rings is 1. The number of benzene rings is 3. The Labute approximate surface area is 230 Å². The van der Waals surface area contributed by atoms with E-state index in [1.807, 2.05) is 30.3 Å². The van der Waals surface area contributed by atoms with Crippen molar-refractivity contribution in [2.75, 3.05) is 32.7 Å². The Bertz CT molecular complexity index is 1250. The molecule has 1 aliphatic rings. The number of para-hydroxylation sites is 1. The highest BCUT2D eigenvalue weighted by atomic mass is 19.1. The molecule has 1 fully saturated rings. The van der Waals surface area contributed by atoms with Crippen molar-refractivity contribution in [1.82, 2.24) is 19.6 Å². The van der Waals surface area contributed by atoms with E-state index < -0.39 is 0 Å². The zero-order valence-electron chi connectivity index (χ0n) is 22.8. The molecule has 0 atom stereocenters. The lowest BCUT2D eigenvalue weighted by molar-refractivity contribution is 0.108. The third-order valence-corrected chi connectivity index (χ3v) is 7.64. The summed E-state index contributed by atoms with van der Waals surface area (Å²) in [4.78, 5) is 4.97. The summed E-state index contributed by atoms with van der Waals surface area (Å²) in [5.74, 6) is -0.482. The molecule has 0 aliphatic carbocycles. The molecule has 1 aromatic heterocycles. The quantitative estimate of drug-likeness (QED) is 0.199. The second-order valence-electron chi connectivity index (χ2n) is 10.5. The number of hydrogen-bond acceptors (Lipinski definition) is 3. The van der Waals surface area contributed by atoms with Gasteiger partial charge < -0.3 is 4.90 Å². The number of rotatable bonds is 11. The molecule has 3 aromatic carbocycles. The summed E-state index contributed by atoms with van der Waals surface area (Å²) in [6, 6.07) is 26.1. The molecule has 39 heavy (non-hydrogen) atoms. The van der Waals surface area contributed by atoms with E-state index in [1.165, 1.54) is 35.7 Å². The van der Waals surface area contributed by atoms with Gasteiger partial charge in [0, 0.05) is 31.9 Å². The van der Waals surface area contributed by atoms with Crippen molar-refractivity contribution in [3.63, 3.8) is 0 Å². The van der Waals surface area contributed by atoms with Gasteiger partial charge in [-0.2, -0.15) is 5.10 Å². The van der Waals surface area contributed by atoms with Crippen LogP contribution in [0.2, 0.25) is 0 Å². The van der Waals surface area contributed by atoms with Crippen molar-refractivity contribution < 1.29 is 8.78 Å². The first kappa shape index (κ1) is 27.2. The van der Waals surface area contributed by atoms with E-state index in [-0.39, 0.29) is 17.7 Å². The van der Waals surface area contributed by atoms with Gasteiger partial charge in [0.25, 0.3) is 0 Å². The minimum Gasteiger partial charge on any atom is -0.301 e. The van der Waals surface area contributed by atoms with Crippen molar-refractivity contribution in [3.8, 4) is 5.69 Å². The van der Waals surface area contributed by atoms with Crippen LogP contribution in [0.15, 0.2) is 84.9 Å². The molecule has 0 amide bonds. The van der Waals surface area contributed by atoms with Gasteiger partial charge in [-0.05, 0) is 85.8 Å². The predicted octanol–water partition coefficient (Wildman–Crippen LogP) is 6.83. The fourth-order valence-corrected chi connectivity index (χ4v) is 5.62. The molecular formula is C33H38F2N4. The number of aromatic nitrogens is 2. The van der Waals surface area contributed by atoms with Crippen LogP contribution in [-0.2, 0) is 12.8 Å². The molecule has 5 rings (SSSR count). The molecule has 204 valence electrons. The molecule has 0 N–H and O–H groups in total. The van der Waals surface area contributed by atoms with Gasteiger partial charge in [0.2, 0.25) is 0 Å². The van der Waals surface area contributed by atoms with E-state index >= 15 is 0 Å². The van der Waals surface area contributed by atoms with Crippen LogP contribution in [0, 0.1) is 11.6 Å². The molecule has 0 bridgehead atoms. The summed E-state index contributed by atoms with van der Waals surface area (Å²) >= 11 is 0. The molecule has 0 spiro atoms. The van der Waals surface area contributed by atoms with Crippen LogP contribution in [0.5, 0.6) is 0 Å². The fraction of sp³-hybridized carbons (Fsp3) is 0.364. The lowest BCUT2D eigenvalue weighted by Gasteiger charge is -2.40. The Kier molecular flexibility index (Phi) is 9.17. The van der Waals surface area contributed by atoms with Crippen molar-refractivity contribution >= 4 is 0 Å². The predicted molar refractivity (Wildman–Crippen MR) is 153 cm³/mol. The van der Waals surface area contributed by atoms with E-state index in [1.54, 1.807) is 0 Å². The van der Waals surface area contributed by atoms with Crippen LogP contribution in [0.1, 0.15) is 54.7 Å². The lowest BCUT2D eigenvalue weighted by Crippen LogP contribution is -2.48. The van der Waals surface area contributed by atoms with Gasteiger partial charge in [-0.25, -0.2) is 13.5 Å². The third-order valence-electron chi connectivity index (χ3n) is 7.64. The van der Waals surface area contributed by atoms with Gasteiger partial charge in [0.1, 0.15) is 11.6 Å². The Hall–Kier alpha value is -3.35. The molecule has 4 aromatic rings. The minimum absolute atomic E-state index is 0.00890. The summed E-state index contributed by atoms with van der Waals surface area (Å²) < 4.78 is 29.3. The molecule has 1 saturated heterocycles. The SMILES string of the molecule is CCCc1cc(CCCCN2CCN(C(c3ccc(F)cc3)c3ccc(F)cc3)CC2)nn1-c1ccccc1. The average Bonchev–Trinajstić information content (AvgIpc) is 3.37. The Morgan fingerprint density at radius 1 is 0.744 bits per heavy atom. The van der Waals surface area contributed by atoms with E-state index in [9.17, 15) is 8.78 Å². The zero-order chi connectivity index (χ0) is 27.0. The average molecular weight is 529 g/mol. The molecule has 4 nitrogen and oxygen atoms in total. The first-order valence-corrected chi connectivity index (χ1v) is 14.2. The smallest absolute Gasteiger partial charge is 0.123 e. The molecule has 0 unspecified atom stereocenters. The molecular weight excluding hydrogens is 490 g/mol. The van der Waals surface area contributed by atoms with Crippen LogP contribution in [-0.4, -0.2) is 52.3 Å². The van der Waals surface area contributed by atoms with Crippen LogP contribution < -0.4 is 0 Å². The monoisotopic (exact) mass is 528 g/mol. The van der Waals surface area contributed by atoms with Crippen LogP contribution in [0.3, 0.4) is 0 Å². The second-order valence-corrected chi connectivity index (χ2v) is 10.5. The summed E-state index contributed by atoms with van der Waals surface area (Å²) in [7, 11) is 0. The summed E-state index contributed by atoms with van der Waals surface area (Å²) in [5, 5.41) is 4.93. The largest absolute Gasteiger partial charge is 0.301 e. The maximum Gasteiger partial charge on any atom is 0.123 e. The van der Waals surface area contributed by atoms with Crippen molar-refractivity contribution in [3.05, 3.63) is 119 Å². The molecule has 0 saturated carbocycles. The Balaban J connectivity index is 1.14. The van der Waals surface area contributed by atoms with Crippen LogP contribution >= 0.6 is 0 Å². The van der Waals surface area contributed by atoms with E-state index in [4.69, 9.17) is 5.10 Å². The molecule has 1 aliphatic heterocycles. The van der Waals surface area contributed by atoms with E-state index in [0.29, 0.717) is 0 Å². The summed E-state index contributed by atoms with van der Waals surface area (Å²) in [6.45, 7) is 7.10. The van der Waals surface area contributed by atoms with Gasteiger partial charge in [-0.3, -0.25) is 4.90 Å². The van der Waals surface area contributed by atoms with Crippen molar-refractivity contribution in [2.45, 2.75) is 45.1 Å². The van der Waals surface area contributed by atoms with E-state index in [0.717, 1.165) is 81.6 Å². The number of halogens is 2. The first-order valence-electron chi connectivity index (χ1n) is 14.2. The zero-order valence-corrected chi connectivity index (χ0v) is 22.8. The second kappa shape index (κ2) is 13.1. The first-order chi connectivity index (χ1) is 19.1. The fourth-order valence-electron chi connectivity index (χ4n) is 5.62. The number of aryl methyl sites for hydroxylation is 2. The standard InChI is InChI=1S/C33H38F2N4/c1-2-8-32-25-30(36-39(32)31-10-4-3-5-11-31)9-6-7-20-37-21-23-38(24-22-37)33(26-12-16-28(34)17-13-26)27-14-18-29(35)19-15-27/h3-5,10-19,25,33H,2,6-9,20-24H2,1H3. The molecule has 0 radical (unpaired) electrons. The maximum atomic E-state index is 13.6. The Morgan fingerprint density at radius 3 is 1.95 bits per heavy atom. The third kappa shape index (κ3) is 7.00. The topological polar surface area (TPSA) is 24.3 Å². The summed E-state index contributed by atoms with van der Waals surface area (Å²) in [6.07, 6.45) is 5.38. The van der Waals surface area contributed by atoms with Gasteiger partial charge >= 0.3 is 0 Å². The normalized spacial score (nSPS) is 14.8. The van der Waals surface area contributed by atoms with Crippen molar-refractivity contribution in [1.29, 1.82) is 0 Å². The van der Waals surface area contributed by atoms with Gasteiger partial charge in [0.05, 0.1) is 17.4 Å². The number of hydrogen-bond donors (Lipinski definition) is 0. The van der Waals surface area contributed by atoms with Gasteiger partial charge in [-0.15, -0.1) is 0 Å². The highest BCUT2D eigenvalue weighted by Crippen LogP contribution is 2.30. The number of nitrogens with zero attached hydrogens (tertiary/aromatic N) is 4. The van der Waals surface area contributed by atoms with E-state index in [2.05, 4.69) is 51.7 Å². The minimum atomic E-state index is -0.241. The van der Waals surface area contributed by atoms with Gasteiger partial charge in [0.15, 0.2) is 0 Å². The lowest BCUT2D eigenvalue weighted by atomic mass is 9.96. The Morgan fingerprint density at radius 2 is 1.36 bits per heavy atom. The van der Waals surface area contributed by atoms with Crippen LogP contribution in [0.25, 0.3) is 5.69 Å². The van der Waals surface area contributed by atoms with Crippen LogP contribution in [0.4, 0.5) is 8.78 Å². The highest BCUT2D eigenvalue weighted by molar-refractivity contribution is 5.34. The van der Waals surface area contributed by atoms with Crippen molar-refractivity contribution in [2.24, 2.45) is 0 Å². The summed E-state index contributed by atoms with van der Waals surface area (Å²) in [5.41, 5.74) is 5.66. The molecule has 6 heteroatoms.